The van der Waals surface area contributed by atoms with Crippen molar-refractivity contribution in [3.05, 3.63) is 60.7 Å². The molecule has 0 aliphatic carbocycles. The molecule has 1 unspecified atom stereocenters. The first kappa shape index (κ1) is 14.6. The molecule has 23 heavy (non-hydrogen) atoms. The molecular formula is C15H15N7O. The van der Waals surface area contributed by atoms with Crippen molar-refractivity contribution >= 4 is 11.7 Å². The molecule has 2 amide bonds. The standard InChI is InChI=1S/C15H15N7O/c1-11(12-6-8-16-9-7-12)18-15(23)19-13-2-4-14(5-3-13)22-10-17-20-21-22/h2-11H,1H3,(H2,18,19,23). The summed E-state index contributed by atoms with van der Waals surface area (Å²) >= 11 is 0. The highest BCUT2D eigenvalue weighted by Gasteiger charge is 2.09. The summed E-state index contributed by atoms with van der Waals surface area (Å²) in [7, 11) is 0. The van der Waals surface area contributed by atoms with E-state index in [-0.39, 0.29) is 12.1 Å². The summed E-state index contributed by atoms with van der Waals surface area (Å²) in [4.78, 5) is 16.0. The summed E-state index contributed by atoms with van der Waals surface area (Å²) < 4.78 is 1.54. The van der Waals surface area contributed by atoms with Crippen LogP contribution in [-0.4, -0.2) is 31.2 Å². The number of rotatable bonds is 4. The van der Waals surface area contributed by atoms with Crippen LogP contribution in [0.15, 0.2) is 55.1 Å². The highest BCUT2D eigenvalue weighted by molar-refractivity contribution is 5.89. The van der Waals surface area contributed by atoms with E-state index in [1.54, 1.807) is 24.5 Å². The Morgan fingerprint density at radius 2 is 1.87 bits per heavy atom. The zero-order chi connectivity index (χ0) is 16.1. The molecule has 3 rings (SSSR count). The highest BCUT2D eigenvalue weighted by atomic mass is 16.2. The number of nitrogens with one attached hydrogen (secondary N) is 2. The minimum Gasteiger partial charge on any atom is -0.331 e. The molecule has 0 spiro atoms. The van der Waals surface area contributed by atoms with E-state index in [1.165, 1.54) is 11.0 Å². The zero-order valence-corrected chi connectivity index (χ0v) is 12.4. The quantitative estimate of drug-likeness (QED) is 0.767. The van der Waals surface area contributed by atoms with Gasteiger partial charge in [0.1, 0.15) is 6.33 Å². The normalized spacial score (nSPS) is 11.7. The Kier molecular flexibility index (Phi) is 4.23. The number of tetrazole rings is 1. The first-order valence-corrected chi connectivity index (χ1v) is 7.03. The van der Waals surface area contributed by atoms with Gasteiger partial charge >= 0.3 is 6.03 Å². The van der Waals surface area contributed by atoms with Gasteiger partial charge in [-0.25, -0.2) is 9.48 Å². The minimum absolute atomic E-state index is 0.113. The van der Waals surface area contributed by atoms with Gasteiger partial charge < -0.3 is 10.6 Å². The molecule has 1 atom stereocenters. The maximum Gasteiger partial charge on any atom is 0.319 e. The van der Waals surface area contributed by atoms with Crippen LogP contribution >= 0.6 is 0 Å². The van der Waals surface area contributed by atoms with Gasteiger partial charge in [-0.05, 0) is 59.3 Å². The van der Waals surface area contributed by atoms with Crippen molar-refractivity contribution in [1.29, 1.82) is 0 Å². The molecule has 0 saturated carbocycles. The fraction of sp³-hybridized carbons (Fsp3) is 0.133. The second-order valence-electron chi connectivity index (χ2n) is 4.90. The van der Waals surface area contributed by atoms with Gasteiger partial charge in [-0.1, -0.05) is 0 Å². The Morgan fingerprint density at radius 3 is 2.52 bits per heavy atom. The Morgan fingerprint density at radius 1 is 1.13 bits per heavy atom. The van der Waals surface area contributed by atoms with Crippen molar-refractivity contribution in [2.24, 2.45) is 0 Å². The summed E-state index contributed by atoms with van der Waals surface area (Å²) in [5, 5.41) is 16.6. The van der Waals surface area contributed by atoms with Gasteiger partial charge in [-0.15, -0.1) is 5.10 Å². The molecule has 0 radical (unpaired) electrons. The number of nitrogens with zero attached hydrogens (tertiary/aromatic N) is 5. The van der Waals surface area contributed by atoms with Crippen LogP contribution < -0.4 is 10.6 Å². The molecule has 8 heteroatoms. The number of carbonyl (C=O) groups is 1. The summed E-state index contributed by atoms with van der Waals surface area (Å²) in [6.07, 6.45) is 4.90. The molecule has 8 nitrogen and oxygen atoms in total. The van der Waals surface area contributed by atoms with Gasteiger partial charge in [0, 0.05) is 18.1 Å². The molecule has 0 aliphatic heterocycles. The van der Waals surface area contributed by atoms with Crippen LogP contribution in [0.4, 0.5) is 10.5 Å². The fourth-order valence-electron chi connectivity index (χ4n) is 2.08. The topological polar surface area (TPSA) is 97.6 Å². The maximum absolute atomic E-state index is 12.0. The van der Waals surface area contributed by atoms with Gasteiger partial charge in [0.05, 0.1) is 11.7 Å². The van der Waals surface area contributed by atoms with Crippen molar-refractivity contribution in [3.8, 4) is 5.69 Å². The largest absolute Gasteiger partial charge is 0.331 e. The zero-order valence-electron chi connectivity index (χ0n) is 12.4. The number of pyridine rings is 1. The van der Waals surface area contributed by atoms with E-state index in [2.05, 4.69) is 31.1 Å². The number of aromatic nitrogens is 5. The Hall–Kier alpha value is -3.29. The summed E-state index contributed by atoms with van der Waals surface area (Å²) in [5.41, 5.74) is 2.48. The number of urea groups is 1. The lowest BCUT2D eigenvalue weighted by Crippen LogP contribution is -2.31. The van der Waals surface area contributed by atoms with Crippen LogP contribution in [0, 0.1) is 0 Å². The first-order chi connectivity index (χ1) is 11.2. The minimum atomic E-state index is -0.274. The molecule has 2 heterocycles. The molecule has 0 saturated heterocycles. The molecule has 0 bridgehead atoms. The molecule has 116 valence electrons. The van der Waals surface area contributed by atoms with E-state index < -0.39 is 0 Å². The first-order valence-electron chi connectivity index (χ1n) is 7.03. The number of hydrogen-bond donors (Lipinski definition) is 2. The van der Waals surface area contributed by atoms with Crippen LogP contribution in [0.5, 0.6) is 0 Å². The summed E-state index contributed by atoms with van der Waals surface area (Å²) in [6.45, 7) is 1.91. The molecule has 2 aromatic heterocycles. The third-order valence-electron chi connectivity index (χ3n) is 3.29. The van der Waals surface area contributed by atoms with E-state index in [0.29, 0.717) is 5.69 Å². The molecule has 1 aromatic carbocycles. The van der Waals surface area contributed by atoms with Crippen molar-refractivity contribution in [2.45, 2.75) is 13.0 Å². The number of anilines is 1. The van der Waals surface area contributed by atoms with E-state index in [0.717, 1.165) is 11.3 Å². The van der Waals surface area contributed by atoms with Crippen LogP contribution in [0.25, 0.3) is 5.69 Å². The number of benzene rings is 1. The maximum atomic E-state index is 12.0. The smallest absolute Gasteiger partial charge is 0.319 e. The molecule has 0 aliphatic rings. The van der Waals surface area contributed by atoms with Crippen molar-refractivity contribution in [2.75, 3.05) is 5.32 Å². The average molecular weight is 309 g/mol. The van der Waals surface area contributed by atoms with Crippen LogP contribution in [0.3, 0.4) is 0 Å². The van der Waals surface area contributed by atoms with Crippen molar-refractivity contribution in [3.63, 3.8) is 0 Å². The molecule has 2 N–H and O–H groups in total. The highest BCUT2D eigenvalue weighted by Crippen LogP contribution is 2.13. The van der Waals surface area contributed by atoms with E-state index >= 15 is 0 Å². The average Bonchev–Trinajstić information content (AvgIpc) is 3.11. The summed E-state index contributed by atoms with van der Waals surface area (Å²) in [6, 6.07) is 10.6. The molecule has 3 aromatic rings. The second-order valence-corrected chi connectivity index (χ2v) is 4.90. The van der Waals surface area contributed by atoms with E-state index in [4.69, 9.17) is 0 Å². The van der Waals surface area contributed by atoms with Gasteiger partial charge in [-0.2, -0.15) is 0 Å². The van der Waals surface area contributed by atoms with Crippen LogP contribution in [0.2, 0.25) is 0 Å². The number of hydrogen-bond acceptors (Lipinski definition) is 5. The van der Waals surface area contributed by atoms with Crippen LogP contribution in [-0.2, 0) is 0 Å². The number of amides is 2. The molecule has 0 fully saturated rings. The predicted molar refractivity (Wildman–Crippen MR) is 84.0 cm³/mol. The third-order valence-corrected chi connectivity index (χ3v) is 3.29. The Bertz CT molecular complexity index is 756. The van der Waals surface area contributed by atoms with Crippen molar-refractivity contribution in [1.82, 2.24) is 30.5 Å². The van der Waals surface area contributed by atoms with Gasteiger partial charge in [0.2, 0.25) is 0 Å². The summed E-state index contributed by atoms with van der Waals surface area (Å²) in [5.74, 6) is 0. The van der Waals surface area contributed by atoms with Crippen LogP contribution in [0.1, 0.15) is 18.5 Å². The monoisotopic (exact) mass is 309 g/mol. The SMILES string of the molecule is CC(NC(=O)Nc1ccc(-n2cnnn2)cc1)c1ccncc1. The number of carbonyl (C=O) groups excluding carboxylic acids is 1. The van der Waals surface area contributed by atoms with Gasteiger partial charge in [0.15, 0.2) is 0 Å². The lowest BCUT2D eigenvalue weighted by molar-refractivity contribution is 0.249. The fourth-order valence-corrected chi connectivity index (χ4v) is 2.08. The van der Waals surface area contributed by atoms with E-state index in [9.17, 15) is 4.79 Å². The molecular weight excluding hydrogens is 294 g/mol. The predicted octanol–water partition coefficient (Wildman–Crippen LogP) is 1.94. The van der Waals surface area contributed by atoms with Crippen molar-refractivity contribution < 1.29 is 4.79 Å². The Balaban J connectivity index is 1.60. The Labute approximate surface area is 132 Å². The van der Waals surface area contributed by atoms with Gasteiger partial charge in [-0.3, -0.25) is 4.98 Å². The lowest BCUT2D eigenvalue weighted by atomic mass is 10.1. The van der Waals surface area contributed by atoms with Gasteiger partial charge in [0.25, 0.3) is 0 Å². The third kappa shape index (κ3) is 3.67. The lowest BCUT2D eigenvalue weighted by Gasteiger charge is -2.15. The van der Waals surface area contributed by atoms with E-state index in [1.807, 2.05) is 31.2 Å². The second kappa shape index (κ2) is 6.65.